The van der Waals surface area contributed by atoms with E-state index < -0.39 is 0 Å². The minimum absolute atomic E-state index is 0.0822. The van der Waals surface area contributed by atoms with Crippen LogP contribution in [0.2, 0.25) is 0 Å². The lowest BCUT2D eigenvalue weighted by Gasteiger charge is -2.44. The summed E-state index contributed by atoms with van der Waals surface area (Å²) in [7, 11) is 0. The first-order valence-corrected chi connectivity index (χ1v) is 9.01. The van der Waals surface area contributed by atoms with Gasteiger partial charge in [-0.3, -0.25) is 4.79 Å². The van der Waals surface area contributed by atoms with Gasteiger partial charge in [0.15, 0.2) is 0 Å². The van der Waals surface area contributed by atoms with E-state index in [9.17, 15) is 4.79 Å². The fourth-order valence-electron chi connectivity index (χ4n) is 5.08. The molecule has 1 amide bonds. The lowest BCUT2D eigenvalue weighted by Crippen LogP contribution is -2.58. The smallest absolute Gasteiger partial charge is 0.240 e. The molecule has 0 spiro atoms. The summed E-state index contributed by atoms with van der Waals surface area (Å²) in [6, 6.07) is 1.04. The van der Waals surface area contributed by atoms with Crippen molar-refractivity contribution >= 4 is 5.91 Å². The first-order chi connectivity index (χ1) is 10.3. The average molecular weight is 292 g/mol. The second-order valence-corrected chi connectivity index (χ2v) is 7.40. The van der Waals surface area contributed by atoms with Crippen LogP contribution in [-0.4, -0.2) is 48.2 Å². The van der Waals surface area contributed by atoms with E-state index >= 15 is 0 Å². The third-order valence-corrected chi connectivity index (χ3v) is 6.18. The van der Waals surface area contributed by atoms with Gasteiger partial charge in [-0.1, -0.05) is 25.7 Å². The molecule has 4 rings (SSSR count). The van der Waals surface area contributed by atoms with Crippen molar-refractivity contribution in [2.45, 2.75) is 82.0 Å². The van der Waals surface area contributed by atoms with E-state index in [1.165, 1.54) is 38.5 Å². The van der Waals surface area contributed by atoms with Crippen LogP contribution in [-0.2, 0) is 9.53 Å². The van der Waals surface area contributed by atoms with Crippen LogP contribution < -0.4 is 5.32 Å². The number of rotatable bonds is 1. The second-order valence-electron chi connectivity index (χ2n) is 7.40. The van der Waals surface area contributed by atoms with Gasteiger partial charge in [-0.15, -0.1) is 0 Å². The Kier molecular flexibility index (Phi) is 3.92. The number of morpholine rings is 1. The van der Waals surface area contributed by atoms with Gasteiger partial charge in [0.25, 0.3) is 0 Å². The van der Waals surface area contributed by atoms with Gasteiger partial charge in [-0.2, -0.15) is 0 Å². The van der Waals surface area contributed by atoms with E-state index in [-0.39, 0.29) is 6.04 Å². The summed E-state index contributed by atoms with van der Waals surface area (Å²) in [5, 5.41) is 3.65. The van der Waals surface area contributed by atoms with Gasteiger partial charge in [0, 0.05) is 12.6 Å². The highest BCUT2D eigenvalue weighted by Gasteiger charge is 2.43. The number of hydrogen-bond acceptors (Lipinski definition) is 3. The molecule has 5 atom stereocenters. The molecule has 4 nitrogen and oxygen atoms in total. The molecule has 118 valence electrons. The fraction of sp³-hybridized carbons (Fsp3) is 0.941. The Morgan fingerprint density at radius 1 is 1.05 bits per heavy atom. The quantitative estimate of drug-likeness (QED) is 0.804. The number of fused-ring (bicyclic) bond motifs is 2. The van der Waals surface area contributed by atoms with Crippen LogP contribution in [0.15, 0.2) is 0 Å². The largest absolute Gasteiger partial charge is 0.374 e. The van der Waals surface area contributed by atoms with E-state index in [0.717, 1.165) is 38.3 Å². The normalized spacial score (nSPS) is 43.2. The van der Waals surface area contributed by atoms with Crippen LogP contribution in [0, 0.1) is 5.92 Å². The summed E-state index contributed by atoms with van der Waals surface area (Å²) in [4.78, 5) is 15.2. The first-order valence-electron chi connectivity index (χ1n) is 9.01. The predicted molar refractivity (Wildman–Crippen MR) is 81.0 cm³/mol. The van der Waals surface area contributed by atoms with Crippen molar-refractivity contribution in [2.24, 2.45) is 5.92 Å². The van der Waals surface area contributed by atoms with Gasteiger partial charge < -0.3 is 15.0 Å². The first kappa shape index (κ1) is 14.0. The minimum atomic E-state index is 0.0822. The van der Waals surface area contributed by atoms with Crippen molar-refractivity contribution in [3.05, 3.63) is 0 Å². The second kappa shape index (κ2) is 5.88. The fourth-order valence-corrected chi connectivity index (χ4v) is 5.08. The van der Waals surface area contributed by atoms with Crippen LogP contribution in [0.3, 0.4) is 0 Å². The molecule has 0 bridgehead atoms. The number of nitrogens with one attached hydrogen (secondary N) is 1. The van der Waals surface area contributed by atoms with Crippen LogP contribution in [0.5, 0.6) is 0 Å². The molecule has 0 radical (unpaired) electrons. The molecule has 2 saturated carbocycles. The third-order valence-electron chi connectivity index (χ3n) is 6.18. The van der Waals surface area contributed by atoms with E-state index in [2.05, 4.69) is 10.2 Å². The molecule has 2 heterocycles. The molecular formula is C17H28N2O2. The monoisotopic (exact) mass is 292 g/mol. The number of carbonyl (C=O) groups is 1. The highest BCUT2D eigenvalue weighted by molar-refractivity contribution is 5.83. The molecule has 2 saturated heterocycles. The maximum Gasteiger partial charge on any atom is 0.240 e. The SMILES string of the molecule is O=C(C1CC2CCCCC2N1)N1CCOC2CCCCC21. The average Bonchev–Trinajstić information content (AvgIpc) is 2.97. The molecule has 0 aromatic rings. The van der Waals surface area contributed by atoms with Crippen LogP contribution in [0.25, 0.3) is 0 Å². The molecule has 4 heteroatoms. The molecular weight excluding hydrogens is 264 g/mol. The van der Waals surface area contributed by atoms with Crippen molar-refractivity contribution in [3.63, 3.8) is 0 Å². The van der Waals surface area contributed by atoms with Gasteiger partial charge in [0.1, 0.15) is 0 Å². The summed E-state index contributed by atoms with van der Waals surface area (Å²) in [5.41, 5.74) is 0. The topological polar surface area (TPSA) is 41.6 Å². The van der Waals surface area contributed by atoms with Gasteiger partial charge in [0.05, 0.1) is 24.8 Å². The van der Waals surface area contributed by atoms with Crippen LogP contribution in [0.1, 0.15) is 57.8 Å². The molecule has 0 aromatic carbocycles. The molecule has 0 aromatic heterocycles. The van der Waals surface area contributed by atoms with Crippen molar-refractivity contribution < 1.29 is 9.53 Å². The highest BCUT2D eigenvalue weighted by atomic mass is 16.5. The highest BCUT2D eigenvalue weighted by Crippen LogP contribution is 2.35. The summed E-state index contributed by atoms with van der Waals surface area (Å²) >= 11 is 0. The van der Waals surface area contributed by atoms with Crippen LogP contribution >= 0.6 is 0 Å². The summed E-state index contributed by atoms with van der Waals surface area (Å²) in [5.74, 6) is 1.11. The van der Waals surface area contributed by atoms with E-state index in [0.29, 0.717) is 24.1 Å². The van der Waals surface area contributed by atoms with Crippen molar-refractivity contribution in [1.82, 2.24) is 10.2 Å². The zero-order chi connectivity index (χ0) is 14.2. The molecule has 1 N–H and O–H groups in total. The molecule has 2 aliphatic heterocycles. The summed E-state index contributed by atoms with van der Waals surface area (Å²) < 4.78 is 5.91. The number of nitrogens with zero attached hydrogens (tertiary/aromatic N) is 1. The number of amides is 1. The van der Waals surface area contributed by atoms with Gasteiger partial charge in [0.2, 0.25) is 5.91 Å². The van der Waals surface area contributed by atoms with Gasteiger partial charge in [-0.05, 0) is 38.0 Å². The van der Waals surface area contributed by atoms with Crippen molar-refractivity contribution in [1.29, 1.82) is 0 Å². The lowest BCUT2D eigenvalue weighted by atomic mass is 9.85. The maximum atomic E-state index is 13.0. The molecule has 2 aliphatic carbocycles. The predicted octanol–water partition coefficient (Wildman–Crippen LogP) is 2.08. The standard InChI is InChI=1S/C17H28N2O2/c20-17(14-11-12-5-1-2-6-13(12)18-14)19-9-10-21-16-8-4-3-7-15(16)19/h12-16,18H,1-11H2. The zero-order valence-electron chi connectivity index (χ0n) is 12.9. The van der Waals surface area contributed by atoms with Crippen LogP contribution in [0.4, 0.5) is 0 Å². The Labute approximate surface area is 127 Å². The van der Waals surface area contributed by atoms with Crippen molar-refractivity contribution in [2.75, 3.05) is 13.2 Å². The summed E-state index contributed by atoms with van der Waals surface area (Å²) in [6.07, 6.45) is 11.4. The van der Waals surface area contributed by atoms with Crippen molar-refractivity contribution in [3.8, 4) is 0 Å². The Bertz CT molecular complexity index is 384. The Hall–Kier alpha value is -0.610. The van der Waals surface area contributed by atoms with E-state index in [1.54, 1.807) is 0 Å². The lowest BCUT2D eigenvalue weighted by molar-refractivity contribution is -0.151. The summed E-state index contributed by atoms with van der Waals surface area (Å²) in [6.45, 7) is 1.53. The Morgan fingerprint density at radius 3 is 2.76 bits per heavy atom. The number of ether oxygens (including phenoxy) is 1. The van der Waals surface area contributed by atoms with Gasteiger partial charge in [-0.25, -0.2) is 0 Å². The number of carbonyl (C=O) groups excluding carboxylic acids is 1. The maximum absolute atomic E-state index is 13.0. The third kappa shape index (κ3) is 2.61. The molecule has 21 heavy (non-hydrogen) atoms. The van der Waals surface area contributed by atoms with Gasteiger partial charge >= 0.3 is 0 Å². The van der Waals surface area contributed by atoms with E-state index in [4.69, 9.17) is 4.74 Å². The van der Waals surface area contributed by atoms with E-state index in [1.807, 2.05) is 0 Å². The molecule has 4 fully saturated rings. The Morgan fingerprint density at radius 2 is 1.86 bits per heavy atom. The number of hydrogen-bond donors (Lipinski definition) is 1. The molecule has 4 aliphatic rings. The minimum Gasteiger partial charge on any atom is -0.374 e. The zero-order valence-corrected chi connectivity index (χ0v) is 12.9. The Balaban J connectivity index is 1.44. The molecule has 5 unspecified atom stereocenters.